The van der Waals surface area contributed by atoms with Gasteiger partial charge in [-0.05, 0) is 120 Å². The van der Waals surface area contributed by atoms with E-state index in [1.807, 2.05) is 12.1 Å². The third kappa shape index (κ3) is 5.64. The first kappa shape index (κ1) is 32.1. The summed E-state index contributed by atoms with van der Waals surface area (Å²) in [6.07, 6.45) is 8.42. The second kappa shape index (κ2) is 12.0. The molecule has 0 spiro atoms. The number of hydrogen-bond acceptors (Lipinski definition) is 5. The molecule has 5 heteroatoms. The maximum atomic E-state index is 9.34. The highest BCUT2D eigenvalue weighted by atomic mass is 16.3. The minimum atomic E-state index is 0.0595. The summed E-state index contributed by atoms with van der Waals surface area (Å²) in [5.41, 5.74) is 10.4. The number of nitriles is 1. The van der Waals surface area contributed by atoms with Crippen molar-refractivity contribution in [2.75, 3.05) is 0 Å². The molecule has 2 heterocycles. The molecule has 0 N–H and O–H groups in total. The molecule has 0 unspecified atom stereocenters. The molecule has 4 bridgehead atoms. The van der Waals surface area contributed by atoms with Gasteiger partial charge >= 0.3 is 0 Å². The topological polar surface area (TPSA) is 75.6 Å². The van der Waals surface area contributed by atoms with Gasteiger partial charge in [0.2, 0.25) is 0 Å². The second-order valence-electron chi connectivity index (χ2n) is 17.1. The number of fused-ring (bicyclic) bond motifs is 3. The van der Waals surface area contributed by atoms with Gasteiger partial charge in [0, 0.05) is 27.5 Å². The Bertz CT molecular complexity index is 2530. The summed E-state index contributed by atoms with van der Waals surface area (Å²) in [5.74, 6) is 4.77. The summed E-state index contributed by atoms with van der Waals surface area (Å²) in [7, 11) is 0. The van der Waals surface area contributed by atoms with E-state index < -0.39 is 0 Å². The molecule has 7 aromatic rings. The Balaban J connectivity index is 1.00. The molecule has 0 aliphatic heterocycles. The first-order chi connectivity index (χ1) is 25.7. The molecule has 4 aliphatic carbocycles. The molecule has 4 fully saturated rings. The Labute approximate surface area is 310 Å². The zero-order valence-electron chi connectivity index (χ0n) is 30.6. The van der Waals surface area contributed by atoms with Crippen LogP contribution in [0.25, 0.3) is 67.2 Å². The number of furan rings is 1. The Morgan fingerprint density at radius 1 is 0.566 bits per heavy atom. The molecule has 0 atom stereocenters. The van der Waals surface area contributed by atoms with Crippen molar-refractivity contribution in [2.24, 2.45) is 17.8 Å². The van der Waals surface area contributed by atoms with Gasteiger partial charge in [0.25, 0.3) is 0 Å². The lowest BCUT2D eigenvalue weighted by molar-refractivity contribution is -0.00518. The van der Waals surface area contributed by atoms with Gasteiger partial charge in [-0.25, -0.2) is 15.0 Å². The molecule has 5 nitrogen and oxygen atoms in total. The zero-order chi connectivity index (χ0) is 35.9. The van der Waals surface area contributed by atoms with Gasteiger partial charge in [0.1, 0.15) is 11.2 Å². The number of benzene rings is 5. The van der Waals surface area contributed by atoms with Crippen molar-refractivity contribution in [3.05, 3.63) is 126 Å². The Morgan fingerprint density at radius 3 is 1.55 bits per heavy atom. The van der Waals surface area contributed by atoms with Crippen LogP contribution in [0.5, 0.6) is 0 Å². The van der Waals surface area contributed by atoms with E-state index in [1.54, 1.807) is 6.07 Å². The molecular weight excluding hydrogens is 649 g/mol. The van der Waals surface area contributed by atoms with Gasteiger partial charge in [-0.1, -0.05) is 99.6 Å². The zero-order valence-corrected chi connectivity index (χ0v) is 30.6. The van der Waals surface area contributed by atoms with E-state index in [4.69, 9.17) is 19.4 Å². The summed E-state index contributed by atoms with van der Waals surface area (Å²) in [5, 5.41) is 11.4. The van der Waals surface area contributed by atoms with E-state index in [0.29, 0.717) is 28.5 Å². The third-order valence-corrected chi connectivity index (χ3v) is 12.5. The van der Waals surface area contributed by atoms with E-state index in [-0.39, 0.29) is 5.41 Å². The molecule has 5 aromatic carbocycles. The predicted molar refractivity (Wildman–Crippen MR) is 212 cm³/mol. The standard InChI is InChI=1S/C48H42N4O/c1-47(2,3)38-14-9-35(10-15-38)45-50-44(51-46(52-45)36-11-16-39(17-12-36)48-25-30-20-31(26-48)22-32(21-30)27-48)34-7-5-33(6-8-34)37-13-19-41-40-18-4-29(28-49)23-42(40)53-43(41)24-37/h4-19,23-24,30-32H,20-22,25-27H2,1-3H3/t30-,31-,32-,48?. The first-order valence-corrected chi connectivity index (χ1v) is 19.1. The van der Waals surface area contributed by atoms with Crippen LogP contribution in [-0.2, 0) is 10.8 Å². The minimum Gasteiger partial charge on any atom is -0.456 e. The fraction of sp³-hybridized carbons (Fsp3) is 0.292. The van der Waals surface area contributed by atoms with Crippen molar-refractivity contribution < 1.29 is 4.42 Å². The van der Waals surface area contributed by atoms with Crippen LogP contribution in [0.2, 0.25) is 0 Å². The molecule has 11 rings (SSSR count). The lowest BCUT2D eigenvalue weighted by atomic mass is 9.48. The maximum Gasteiger partial charge on any atom is 0.164 e. The van der Waals surface area contributed by atoms with Crippen molar-refractivity contribution >= 4 is 21.9 Å². The molecular formula is C48H42N4O. The maximum absolute atomic E-state index is 9.34. The van der Waals surface area contributed by atoms with Crippen LogP contribution in [0, 0.1) is 29.1 Å². The molecule has 4 aliphatic rings. The van der Waals surface area contributed by atoms with Crippen molar-refractivity contribution in [3.8, 4) is 51.4 Å². The van der Waals surface area contributed by atoms with E-state index in [9.17, 15) is 5.26 Å². The van der Waals surface area contributed by atoms with E-state index in [2.05, 4.69) is 118 Å². The number of aromatic nitrogens is 3. The fourth-order valence-corrected chi connectivity index (χ4v) is 10.2. The monoisotopic (exact) mass is 690 g/mol. The van der Waals surface area contributed by atoms with Crippen LogP contribution < -0.4 is 0 Å². The normalized spacial score (nSPS) is 22.0. The van der Waals surface area contributed by atoms with Crippen LogP contribution in [0.4, 0.5) is 0 Å². The Morgan fingerprint density at radius 2 is 1.02 bits per heavy atom. The fourth-order valence-electron chi connectivity index (χ4n) is 10.2. The smallest absolute Gasteiger partial charge is 0.164 e. The number of nitrogens with zero attached hydrogens (tertiary/aromatic N) is 4. The Kier molecular flexibility index (Phi) is 7.24. The molecule has 53 heavy (non-hydrogen) atoms. The van der Waals surface area contributed by atoms with Gasteiger partial charge < -0.3 is 4.42 Å². The summed E-state index contributed by atoms with van der Waals surface area (Å²) >= 11 is 0. The Hall–Kier alpha value is -5.60. The molecule has 260 valence electrons. The van der Waals surface area contributed by atoms with Crippen molar-refractivity contribution in [1.29, 1.82) is 5.26 Å². The summed E-state index contributed by atoms with van der Waals surface area (Å²) in [4.78, 5) is 15.2. The predicted octanol–water partition coefficient (Wildman–Crippen LogP) is 12.1. The number of hydrogen-bond donors (Lipinski definition) is 0. The second-order valence-corrected chi connectivity index (χ2v) is 17.1. The van der Waals surface area contributed by atoms with Crippen LogP contribution in [0.1, 0.15) is 76.0 Å². The van der Waals surface area contributed by atoms with Crippen LogP contribution >= 0.6 is 0 Å². The highest BCUT2D eigenvalue weighted by Crippen LogP contribution is 2.60. The van der Waals surface area contributed by atoms with E-state index in [1.165, 1.54) is 49.7 Å². The summed E-state index contributed by atoms with van der Waals surface area (Å²) < 4.78 is 6.18. The van der Waals surface area contributed by atoms with Crippen molar-refractivity contribution in [3.63, 3.8) is 0 Å². The van der Waals surface area contributed by atoms with Crippen LogP contribution in [0.15, 0.2) is 114 Å². The van der Waals surface area contributed by atoms with Crippen molar-refractivity contribution in [2.45, 2.75) is 70.1 Å². The molecule has 2 aromatic heterocycles. The third-order valence-electron chi connectivity index (χ3n) is 12.5. The SMILES string of the molecule is CC(C)(C)c1ccc(-c2nc(-c3ccc(-c4ccc5c(c4)oc4cc(C#N)ccc45)cc3)nc(-c3ccc(C45C[C@H]6C[C@H](C4)C[C@@H](C5)C6)cc3)n2)cc1. The average Bonchev–Trinajstić information content (AvgIpc) is 3.54. The van der Waals surface area contributed by atoms with Gasteiger partial charge in [0.05, 0.1) is 11.6 Å². The van der Waals surface area contributed by atoms with Gasteiger partial charge in [-0.2, -0.15) is 5.26 Å². The van der Waals surface area contributed by atoms with Gasteiger partial charge in [-0.3, -0.25) is 0 Å². The quantitative estimate of drug-likeness (QED) is 0.180. The van der Waals surface area contributed by atoms with E-state index in [0.717, 1.165) is 67.5 Å². The molecule has 4 saturated carbocycles. The number of rotatable bonds is 5. The minimum absolute atomic E-state index is 0.0595. The summed E-state index contributed by atoms with van der Waals surface area (Å²) in [6, 6.07) is 40.4. The van der Waals surface area contributed by atoms with Crippen molar-refractivity contribution in [1.82, 2.24) is 15.0 Å². The average molecular weight is 691 g/mol. The largest absolute Gasteiger partial charge is 0.456 e. The highest BCUT2D eigenvalue weighted by molar-refractivity contribution is 6.06. The lowest BCUT2D eigenvalue weighted by Crippen LogP contribution is -2.48. The van der Waals surface area contributed by atoms with Gasteiger partial charge in [-0.15, -0.1) is 0 Å². The van der Waals surface area contributed by atoms with Crippen LogP contribution in [0.3, 0.4) is 0 Å². The lowest BCUT2D eigenvalue weighted by Gasteiger charge is -2.57. The summed E-state index contributed by atoms with van der Waals surface area (Å²) in [6.45, 7) is 6.70. The molecule has 0 amide bonds. The molecule has 0 radical (unpaired) electrons. The van der Waals surface area contributed by atoms with E-state index >= 15 is 0 Å². The highest BCUT2D eigenvalue weighted by Gasteiger charge is 2.51. The van der Waals surface area contributed by atoms with Gasteiger partial charge in [0.15, 0.2) is 17.5 Å². The first-order valence-electron chi connectivity index (χ1n) is 19.1. The molecule has 0 saturated heterocycles. The van der Waals surface area contributed by atoms with Crippen LogP contribution in [-0.4, -0.2) is 15.0 Å².